The Labute approximate surface area is 124 Å². The minimum atomic E-state index is -4.16. The SMILES string of the molecule is C/C=C/CCNC(=NC)N1CCN(C(C)C(F)(F)F)CC1. The lowest BCUT2D eigenvalue weighted by Gasteiger charge is -2.39. The van der Waals surface area contributed by atoms with E-state index in [1.54, 1.807) is 7.05 Å². The first-order chi connectivity index (χ1) is 9.90. The number of hydrogen-bond donors (Lipinski definition) is 1. The number of allylic oxidation sites excluding steroid dienone is 1. The Bertz CT molecular complexity index is 358. The molecule has 0 saturated carbocycles. The van der Waals surface area contributed by atoms with Gasteiger partial charge in [0.1, 0.15) is 6.04 Å². The average molecular weight is 306 g/mol. The molecule has 1 N–H and O–H groups in total. The monoisotopic (exact) mass is 306 g/mol. The van der Waals surface area contributed by atoms with Gasteiger partial charge in [0, 0.05) is 39.8 Å². The molecule has 0 spiro atoms. The van der Waals surface area contributed by atoms with Crippen LogP contribution >= 0.6 is 0 Å². The van der Waals surface area contributed by atoms with Crippen LogP contribution in [0.15, 0.2) is 17.1 Å². The normalized spacial score (nSPS) is 20.1. The lowest BCUT2D eigenvalue weighted by molar-refractivity contribution is -0.181. The molecule has 1 atom stereocenters. The molecule has 4 nitrogen and oxygen atoms in total. The van der Waals surface area contributed by atoms with Crippen molar-refractivity contribution in [2.75, 3.05) is 39.8 Å². The number of hydrogen-bond acceptors (Lipinski definition) is 2. The van der Waals surface area contributed by atoms with Crippen LogP contribution in [0, 0.1) is 0 Å². The molecule has 0 aromatic carbocycles. The predicted octanol–water partition coefficient (Wildman–Crippen LogP) is 2.10. The van der Waals surface area contributed by atoms with Crippen molar-refractivity contribution in [3.63, 3.8) is 0 Å². The van der Waals surface area contributed by atoms with Crippen LogP contribution < -0.4 is 5.32 Å². The molecule has 1 fully saturated rings. The van der Waals surface area contributed by atoms with Gasteiger partial charge in [-0.25, -0.2) is 0 Å². The van der Waals surface area contributed by atoms with Gasteiger partial charge in [-0.15, -0.1) is 0 Å². The summed E-state index contributed by atoms with van der Waals surface area (Å²) in [4.78, 5) is 7.68. The number of aliphatic imine (C=N–C) groups is 1. The summed E-state index contributed by atoms with van der Waals surface area (Å²) in [7, 11) is 1.70. The van der Waals surface area contributed by atoms with Crippen LogP contribution in [0.25, 0.3) is 0 Å². The molecule has 1 aliphatic rings. The number of guanidine groups is 1. The maximum atomic E-state index is 12.7. The second-order valence-electron chi connectivity index (χ2n) is 5.07. The first-order valence-electron chi connectivity index (χ1n) is 7.27. The van der Waals surface area contributed by atoms with Crippen LogP contribution in [0.3, 0.4) is 0 Å². The number of piperazine rings is 1. The van der Waals surface area contributed by atoms with Gasteiger partial charge >= 0.3 is 6.18 Å². The van der Waals surface area contributed by atoms with E-state index in [1.165, 1.54) is 11.8 Å². The first kappa shape index (κ1) is 17.8. The Hall–Kier alpha value is -1.24. The van der Waals surface area contributed by atoms with E-state index in [0.29, 0.717) is 26.2 Å². The molecule has 0 radical (unpaired) electrons. The van der Waals surface area contributed by atoms with Crippen molar-refractivity contribution in [3.8, 4) is 0 Å². The summed E-state index contributed by atoms with van der Waals surface area (Å²) in [6, 6.07) is -1.38. The molecule has 1 aliphatic heterocycles. The van der Waals surface area contributed by atoms with Crippen LogP contribution in [0.2, 0.25) is 0 Å². The van der Waals surface area contributed by atoms with E-state index in [-0.39, 0.29) is 0 Å². The van der Waals surface area contributed by atoms with E-state index in [0.717, 1.165) is 18.9 Å². The molecule has 1 unspecified atom stereocenters. The summed E-state index contributed by atoms with van der Waals surface area (Å²) in [5.74, 6) is 0.763. The highest BCUT2D eigenvalue weighted by Crippen LogP contribution is 2.25. The summed E-state index contributed by atoms with van der Waals surface area (Å²) in [5.41, 5.74) is 0. The third kappa shape index (κ3) is 5.57. The maximum absolute atomic E-state index is 12.7. The van der Waals surface area contributed by atoms with E-state index in [4.69, 9.17) is 0 Å². The molecule has 0 amide bonds. The third-order valence-electron chi connectivity index (χ3n) is 3.68. The van der Waals surface area contributed by atoms with Gasteiger partial charge < -0.3 is 10.2 Å². The van der Waals surface area contributed by atoms with Gasteiger partial charge in [0.2, 0.25) is 0 Å². The zero-order valence-corrected chi connectivity index (χ0v) is 13.0. The lowest BCUT2D eigenvalue weighted by Crippen LogP contribution is -2.56. The van der Waals surface area contributed by atoms with Gasteiger partial charge in [0.15, 0.2) is 5.96 Å². The van der Waals surface area contributed by atoms with Crippen molar-refractivity contribution in [2.45, 2.75) is 32.5 Å². The summed E-state index contributed by atoms with van der Waals surface area (Å²) in [6.07, 6.45) is 0.792. The van der Waals surface area contributed by atoms with E-state index < -0.39 is 12.2 Å². The average Bonchev–Trinajstić information content (AvgIpc) is 2.46. The second-order valence-corrected chi connectivity index (χ2v) is 5.07. The highest BCUT2D eigenvalue weighted by molar-refractivity contribution is 5.80. The van der Waals surface area contributed by atoms with Crippen molar-refractivity contribution in [1.82, 2.24) is 15.1 Å². The van der Waals surface area contributed by atoms with Crippen molar-refractivity contribution >= 4 is 5.96 Å². The van der Waals surface area contributed by atoms with E-state index in [2.05, 4.69) is 16.4 Å². The standard InChI is InChI=1S/C14H25F3N4/c1-4-5-6-7-19-13(18-3)21-10-8-20(9-11-21)12(2)14(15,16)17/h4-5,12H,6-11H2,1-3H3,(H,18,19)/b5-4+. The zero-order valence-electron chi connectivity index (χ0n) is 13.0. The Morgan fingerprint density at radius 1 is 1.29 bits per heavy atom. The lowest BCUT2D eigenvalue weighted by atomic mass is 10.2. The second kappa shape index (κ2) is 8.26. The number of halogens is 3. The molecule has 0 aromatic heterocycles. The maximum Gasteiger partial charge on any atom is 0.403 e. The highest BCUT2D eigenvalue weighted by atomic mass is 19.4. The zero-order chi connectivity index (χ0) is 15.9. The van der Waals surface area contributed by atoms with Gasteiger partial charge in [-0.3, -0.25) is 9.89 Å². The minimum absolute atomic E-state index is 0.399. The molecular formula is C14H25F3N4. The van der Waals surface area contributed by atoms with Gasteiger partial charge in [0.05, 0.1) is 0 Å². The van der Waals surface area contributed by atoms with Crippen molar-refractivity contribution in [1.29, 1.82) is 0 Å². The quantitative estimate of drug-likeness (QED) is 0.373. The smallest absolute Gasteiger partial charge is 0.356 e. The van der Waals surface area contributed by atoms with Crippen LogP contribution in [-0.2, 0) is 0 Å². The molecule has 1 heterocycles. The van der Waals surface area contributed by atoms with Crippen LogP contribution in [-0.4, -0.2) is 67.7 Å². The van der Waals surface area contributed by atoms with Crippen molar-refractivity contribution in [2.24, 2.45) is 4.99 Å². The summed E-state index contributed by atoms with van der Waals surface area (Å²) in [5, 5.41) is 3.23. The topological polar surface area (TPSA) is 30.9 Å². The Morgan fingerprint density at radius 2 is 1.90 bits per heavy atom. The summed E-state index contributed by atoms with van der Waals surface area (Å²) >= 11 is 0. The van der Waals surface area contributed by atoms with Gasteiger partial charge in [0.25, 0.3) is 0 Å². The fourth-order valence-corrected chi connectivity index (χ4v) is 2.29. The molecule has 122 valence electrons. The fraction of sp³-hybridized carbons (Fsp3) is 0.786. The molecule has 1 saturated heterocycles. The first-order valence-corrected chi connectivity index (χ1v) is 7.27. The van der Waals surface area contributed by atoms with Crippen molar-refractivity contribution < 1.29 is 13.2 Å². The van der Waals surface area contributed by atoms with E-state index in [9.17, 15) is 13.2 Å². The fourth-order valence-electron chi connectivity index (χ4n) is 2.29. The van der Waals surface area contributed by atoms with Crippen LogP contribution in [0.1, 0.15) is 20.3 Å². The molecule has 1 rings (SSSR count). The summed E-state index contributed by atoms with van der Waals surface area (Å²) < 4.78 is 38.1. The van der Waals surface area contributed by atoms with Gasteiger partial charge in [-0.2, -0.15) is 13.2 Å². The van der Waals surface area contributed by atoms with E-state index in [1.807, 2.05) is 17.9 Å². The predicted molar refractivity (Wildman–Crippen MR) is 79.5 cm³/mol. The number of nitrogens with zero attached hydrogens (tertiary/aromatic N) is 3. The van der Waals surface area contributed by atoms with Crippen LogP contribution in [0.4, 0.5) is 13.2 Å². The minimum Gasteiger partial charge on any atom is -0.356 e. The molecule has 21 heavy (non-hydrogen) atoms. The molecule has 0 aliphatic carbocycles. The Balaban J connectivity index is 2.43. The molecule has 7 heteroatoms. The number of rotatable bonds is 4. The van der Waals surface area contributed by atoms with Gasteiger partial charge in [-0.05, 0) is 20.3 Å². The number of alkyl halides is 3. The van der Waals surface area contributed by atoms with Crippen molar-refractivity contribution in [3.05, 3.63) is 12.2 Å². The highest BCUT2D eigenvalue weighted by Gasteiger charge is 2.40. The molecule has 0 aromatic rings. The van der Waals surface area contributed by atoms with Crippen LogP contribution in [0.5, 0.6) is 0 Å². The Morgan fingerprint density at radius 3 is 2.38 bits per heavy atom. The van der Waals surface area contributed by atoms with Gasteiger partial charge in [-0.1, -0.05) is 12.2 Å². The third-order valence-corrected chi connectivity index (χ3v) is 3.68. The molecular weight excluding hydrogens is 281 g/mol. The largest absolute Gasteiger partial charge is 0.403 e. The summed E-state index contributed by atoms with van der Waals surface area (Å²) in [6.45, 7) is 5.88. The van der Waals surface area contributed by atoms with E-state index >= 15 is 0 Å². The molecule has 0 bridgehead atoms. The number of nitrogens with one attached hydrogen (secondary N) is 1. The Kier molecular flexibility index (Phi) is 7.01.